The smallest absolute Gasteiger partial charge is 0.262 e. The molecule has 2 aliphatic rings. The van der Waals surface area contributed by atoms with E-state index < -0.39 is 0 Å². The predicted molar refractivity (Wildman–Crippen MR) is 75.6 cm³/mol. The molecule has 0 saturated carbocycles. The first kappa shape index (κ1) is 11.0. The maximum Gasteiger partial charge on any atom is 0.262 e. The van der Waals surface area contributed by atoms with Crippen LogP contribution in [0.25, 0.3) is 10.9 Å². The van der Waals surface area contributed by atoms with E-state index in [2.05, 4.69) is 4.90 Å². The van der Waals surface area contributed by atoms with Crippen molar-refractivity contribution in [2.45, 2.75) is 38.3 Å². The van der Waals surface area contributed by atoms with Gasteiger partial charge in [0.25, 0.3) is 5.56 Å². The SMILES string of the molecule is O=c1c2ccccc2nc2n1CCC1CCCCN21. The Hall–Kier alpha value is -1.84. The van der Waals surface area contributed by atoms with Crippen LogP contribution in [0.5, 0.6) is 0 Å². The van der Waals surface area contributed by atoms with E-state index in [-0.39, 0.29) is 5.56 Å². The van der Waals surface area contributed by atoms with Gasteiger partial charge in [-0.15, -0.1) is 0 Å². The Morgan fingerprint density at radius 3 is 2.95 bits per heavy atom. The van der Waals surface area contributed by atoms with Crippen LogP contribution in [0.15, 0.2) is 29.1 Å². The molecule has 98 valence electrons. The van der Waals surface area contributed by atoms with Gasteiger partial charge in [-0.1, -0.05) is 12.1 Å². The van der Waals surface area contributed by atoms with Gasteiger partial charge >= 0.3 is 0 Å². The van der Waals surface area contributed by atoms with Gasteiger partial charge in [-0.25, -0.2) is 4.98 Å². The van der Waals surface area contributed by atoms with Crippen LogP contribution in [0.4, 0.5) is 5.95 Å². The molecule has 1 fully saturated rings. The van der Waals surface area contributed by atoms with Gasteiger partial charge in [0.1, 0.15) is 0 Å². The molecule has 4 heteroatoms. The number of anilines is 1. The van der Waals surface area contributed by atoms with Crippen LogP contribution in [0.3, 0.4) is 0 Å². The third-order valence-corrected chi connectivity index (χ3v) is 4.41. The lowest BCUT2D eigenvalue weighted by Gasteiger charge is -2.41. The Kier molecular flexibility index (Phi) is 2.37. The highest BCUT2D eigenvalue weighted by molar-refractivity contribution is 5.78. The minimum absolute atomic E-state index is 0.115. The van der Waals surface area contributed by atoms with Gasteiger partial charge in [-0.3, -0.25) is 9.36 Å². The summed E-state index contributed by atoms with van der Waals surface area (Å²) in [6.45, 7) is 1.85. The molecular weight excluding hydrogens is 238 g/mol. The van der Waals surface area contributed by atoms with Crippen molar-refractivity contribution in [1.82, 2.24) is 9.55 Å². The first-order valence-electron chi connectivity index (χ1n) is 7.11. The first-order valence-corrected chi connectivity index (χ1v) is 7.11. The Labute approximate surface area is 111 Å². The fourth-order valence-electron chi connectivity index (χ4n) is 3.42. The van der Waals surface area contributed by atoms with Crippen LogP contribution >= 0.6 is 0 Å². The van der Waals surface area contributed by atoms with E-state index in [1.54, 1.807) is 0 Å². The molecule has 4 nitrogen and oxygen atoms in total. The molecule has 0 bridgehead atoms. The molecule has 1 aromatic carbocycles. The first-order chi connectivity index (χ1) is 9.34. The second-order valence-corrected chi connectivity index (χ2v) is 5.52. The molecule has 3 heterocycles. The minimum Gasteiger partial charge on any atom is -0.339 e. The van der Waals surface area contributed by atoms with Crippen molar-refractivity contribution in [1.29, 1.82) is 0 Å². The summed E-state index contributed by atoms with van der Waals surface area (Å²) in [5.74, 6) is 0.889. The Morgan fingerprint density at radius 1 is 1.11 bits per heavy atom. The molecule has 1 unspecified atom stereocenters. The molecule has 4 rings (SSSR count). The second kappa shape index (κ2) is 4.08. The number of hydrogen-bond acceptors (Lipinski definition) is 3. The molecule has 2 aliphatic heterocycles. The van der Waals surface area contributed by atoms with E-state index in [4.69, 9.17) is 4.98 Å². The molecule has 2 aromatic rings. The number of aromatic nitrogens is 2. The fourth-order valence-corrected chi connectivity index (χ4v) is 3.42. The van der Waals surface area contributed by atoms with Gasteiger partial charge in [-0.2, -0.15) is 0 Å². The second-order valence-electron chi connectivity index (χ2n) is 5.52. The number of fused-ring (bicyclic) bond motifs is 4. The van der Waals surface area contributed by atoms with E-state index in [1.807, 2.05) is 28.8 Å². The van der Waals surface area contributed by atoms with Crippen molar-refractivity contribution in [2.75, 3.05) is 11.4 Å². The summed E-state index contributed by atoms with van der Waals surface area (Å²) in [5, 5.41) is 0.738. The van der Waals surface area contributed by atoms with Crippen LogP contribution in [0.2, 0.25) is 0 Å². The molecule has 0 N–H and O–H groups in total. The Balaban J connectivity index is 1.96. The molecule has 1 saturated heterocycles. The lowest BCUT2D eigenvalue weighted by molar-refractivity contribution is 0.372. The van der Waals surface area contributed by atoms with Crippen LogP contribution in [0, 0.1) is 0 Å². The number of benzene rings is 1. The molecular formula is C15H17N3O. The van der Waals surface area contributed by atoms with Gasteiger partial charge in [0.05, 0.1) is 10.9 Å². The molecule has 0 aliphatic carbocycles. The largest absolute Gasteiger partial charge is 0.339 e. The van der Waals surface area contributed by atoms with Crippen molar-refractivity contribution in [2.24, 2.45) is 0 Å². The van der Waals surface area contributed by atoms with Gasteiger partial charge in [-0.05, 0) is 37.8 Å². The van der Waals surface area contributed by atoms with Gasteiger partial charge in [0.15, 0.2) is 0 Å². The standard InChI is InChI=1S/C15H17N3O/c19-14-12-6-1-2-7-13(12)16-15-17-9-4-3-5-11(17)8-10-18(14)15/h1-2,6-7,11H,3-5,8-10H2. The highest BCUT2D eigenvalue weighted by Gasteiger charge is 2.30. The summed E-state index contributed by atoms with van der Waals surface area (Å²) < 4.78 is 1.87. The van der Waals surface area contributed by atoms with E-state index in [0.29, 0.717) is 6.04 Å². The summed E-state index contributed by atoms with van der Waals surface area (Å²) in [4.78, 5) is 19.6. The number of nitrogens with zero attached hydrogens (tertiary/aromatic N) is 3. The number of piperidine rings is 1. The molecule has 1 atom stereocenters. The lowest BCUT2D eigenvalue weighted by atomic mass is 9.98. The van der Waals surface area contributed by atoms with Gasteiger partial charge < -0.3 is 4.90 Å². The molecule has 1 aromatic heterocycles. The third kappa shape index (κ3) is 1.59. The Morgan fingerprint density at radius 2 is 2.00 bits per heavy atom. The zero-order chi connectivity index (χ0) is 12.8. The highest BCUT2D eigenvalue weighted by atomic mass is 16.1. The summed E-state index contributed by atoms with van der Waals surface area (Å²) >= 11 is 0. The summed E-state index contributed by atoms with van der Waals surface area (Å²) in [5.41, 5.74) is 0.939. The van der Waals surface area contributed by atoms with Crippen molar-refractivity contribution >= 4 is 16.9 Å². The average Bonchev–Trinajstić information content (AvgIpc) is 2.47. The van der Waals surface area contributed by atoms with Crippen LogP contribution in [0.1, 0.15) is 25.7 Å². The van der Waals surface area contributed by atoms with E-state index in [1.165, 1.54) is 19.3 Å². The highest BCUT2D eigenvalue weighted by Crippen LogP contribution is 2.29. The van der Waals surface area contributed by atoms with Crippen LogP contribution < -0.4 is 10.5 Å². The van der Waals surface area contributed by atoms with Gasteiger partial charge in [0.2, 0.25) is 5.95 Å². The molecule has 0 amide bonds. The van der Waals surface area contributed by atoms with Crippen molar-refractivity contribution < 1.29 is 0 Å². The average molecular weight is 255 g/mol. The quantitative estimate of drug-likeness (QED) is 0.724. The van der Waals surface area contributed by atoms with Crippen LogP contribution in [-0.2, 0) is 6.54 Å². The molecule has 0 radical (unpaired) electrons. The number of para-hydroxylation sites is 1. The molecule has 19 heavy (non-hydrogen) atoms. The summed E-state index contributed by atoms with van der Waals surface area (Å²) in [6.07, 6.45) is 4.83. The zero-order valence-electron chi connectivity index (χ0n) is 10.9. The third-order valence-electron chi connectivity index (χ3n) is 4.41. The van der Waals surface area contributed by atoms with Gasteiger partial charge in [0, 0.05) is 19.1 Å². The number of hydrogen-bond donors (Lipinski definition) is 0. The minimum atomic E-state index is 0.115. The summed E-state index contributed by atoms with van der Waals surface area (Å²) in [6, 6.07) is 8.25. The van der Waals surface area contributed by atoms with Crippen LogP contribution in [-0.4, -0.2) is 22.1 Å². The van der Waals surface area contributed by atoms with Crippen molar-refractivity contribution in [3.8, 4) is 0 Å². The van der Waals surface area contributed by atoms with E-state index >= 15 is 0 Å². The maximum absolute atomic E-state index is 12.5. The number of rotatable bonds is 0. The topological polar surface area (TPSA) is 38.1 Å². The normalized spacial score (nSPS) is 22.1. The molecule has 0 spiro atoms. The lowest BCUT2D eigenvalue weighted by Crippen LogP contribution is -2.47. The Bertz CT molecular complexity index is 691. The van der Waals surface area contributed by atoms with Crippen molar-refractivity contribution in [3.05, 3.63) is 34.6 Å². The fraction of sp³-hybridized carbons (Fsp3) is 0.467. The summed E-state index contributed by atoms with van der Waals surface area (Å²) in [7, 11) is 0. The van der Waals surface area contributed by atoms with Crippen molar-refractivity contribution in [3.63, 3.8) is 0 Å². The monoisotopic (exact) mass is 255 g/mol. The van der Waals surface area contributed by atoms with E-state index in [0.717, 1.165) is 36.4 Å². The maximum atomic E-state index is 12.5. The predicted octanol–water partition coefficient (Wildman–Crippen LogP) is 2.16. The van der Waals surface area contributed by atoms with E-state index in [9.17, 15) is 4.79 Å². The zero-order valence-corrected chi connectivity index (χ0v) is 10.9.